The molecule has 25 heavy (non-hydrogen) atoms. The van der Waals surface area contributed by atoms with Crippen LogP contribution in [0.4, 0.5) is 10.1 Å². The summed E-state index contributed by atoms with van der Waals surface area (Å²) in [5.41, 5.74) is 2.07. The summed E-state index contributed by atoms with van der Waals surface area (Å²) in [4.78, 5) is 15.6. The Morgan fingerprint density at radius 3 is 2.36 bits per heavy atom. The van der Waals surface area contributed by atoms with Crippen molar-refractivity contribution >= 4 is 23.2 Å². The van der Waals surface area contributed by atoms with Gasteiger partial charge in [-0.05, 0) is 42.0 Å². The molecule has 2 aromatic rings. The molecular weight excluding hydrogens is 341 g/mol. The number of halogens is 2. The van der Waals surface area contributed by atoms with Gasteiger partial charge in [0.15, 0.2) is 6.54 Å². The van der Waals surface area contributed by atoms with E-state index in [-0.39, 0.29) is 11.7 Å². The first kappa shape index (κ1) is 17.7. The lowest BCUT2D eigenvalue weighted by Gasteiger charge is -2.33. The molecule has 132 valence electrons. The molecule has 1 saturated heterocycles. The number of hydrogen-bond donors (Lipinski definition) is 2. The van der Waals surface area contributed by atoms with E-state index in [1.165, 1.54) is 17.0 Å². The first-order chi connectivity index (χ1) is 12.1. The van der Waals surface area contributed by atoms with Crippen molar-refractivity contribution in [3.8, 4) is 0 Å². The molecule has 1 amide bonds. The molecule has 0 spiro atoms. The fourth-order valence-electron chi connectivity index (χ4n) is 3.00. The lowest BCUT2D eigenvalue weighted by molar-refractivity contribution is -0.892. The number of quaternary nitrogens is 1. The van der Waals surface area contributed by atoms with E-state index in [0.29, 0.717) is 18.1 Å². The van der Waals surface area contributed by atoms with Crippen LogP contribution >= 0.6 is 11.6 Å². The zero-order chi connectivity index (χ0) is 17.6. The summed E-state index contributed by atoms with van der Waals surface area (Å²) in [5, 5.41) is 3.65. The first-order valence-electron chi connectivity index (χ1n) is 8.45. The zero-order valence-electron chi connectivity index (χ0n) is 14.0. The number of carbonyl (C=O) groups excluding carboxylic acids is 1. The van der Waals surface area contributed by atoms with Crippen molar-refractivity contribution in [3.63, 3.8) is 0 Å². The van der Waals surface area contributed by atoms with Crippen LogP contribution in [0.15, 0.2) is 48.5 Å². The summed E-state index contributed by atoms with van der Waals surface area (Å²) in [6.45, 7) is 4.52. The molecule has 0 aliphatic carbocycles. The minimum Gasteiger partial charge on any atom is -0.360 e. The fraction of sp³-hybridized carbons (Fsp3) is 0.316. The number of benzene rings is 2. The molecule has 1 aliphatic rings. The van der Waals surface area contributed by atoms with Crippen LogP contribution in [0.3, 0.4) is 0 Å². The molecule has 2 aromatic carbocycles. The second-order valence-corrected chi connectivity index (χ2v) is 6.73. The molecule has 0 unspecified atom stereocenters. The number of amides is 1. The van der Waals surface area contributed by atoms with Gasteiger partial charge in [0.2, 0.25) is 0 Å². The van der Waals surface area contributed by atoms with Crippen LogP contribution in [-0.2, 0) is 11.3 Å². The van der Waals surface area contributed by atoms with Crippen LogP contribution in [0.5, 0.6) is 0 Å². The van der Waals surface area contributed by atoms with Gasteiger partial charge in [0, 0.05) is 17.3 Å². The summed E-state index contributed by atoms with van der Waals surface area (Å²) in [5.74, 6) is -0.162. The molecule has 0 saturated carbocycles. The van der Waals surface area contributed by atoms with Crippen LogP contribution in [0.2, 0.25) is 5.02 Å². The molecular formula is C19H22ClFN3O+. The van der Waals surface area contributed by atoms with Crippen molar-refractivity contribution in [2.75, 3.05) is 37.6 Å². The molecule has 0 radical (unpaired) electrons. The van der Waals surface area contributed by atoms with E-state index in [0.717, 1.165) is 37.4 Å². The lowest BCUT2D eigenvalue weighted by Crippen LogP contribution is -3.15. The molecule has 1 aliphatic heterocycles. The van der Waals surface area contributed by atoms with Crippen molar-refractivity contribution < 1.29 is 14.1 Å². The Labute approximate surface area is 152 Å². The molecule has 0 atom stereocenters. The number of anilines is 1. The third-order valence-electron chi connectivity index (χ3n) is 4.48. The SMILES string of the molecule is O=C(C[NH+]1CCN(c2ccc(F)cc2)CC1)NCc1ccc(Cl)cc1. The van der Waals surface area contributed by atoms with Gasteiger partial charge in [-0.2, -0.15) is 0 Å². The smallest absolute Gasteiger partial charge is 0.275 e. The zero-order valence-corrected chi connectivity index (χ0v) is 14.7. The van der Waals surface area contributed by atoms with Crippen LogP contribution in [0, 0.1) is 5.82 Å². The number of hydrogen-bond acceptors (Lipinski definition) is 2. The Balaban J connectivity index is 1.41. The Morgan fingerprint density at radius 1 is 1.08 bits per heavy atom. The Hall–Kier alpha value is -2.11. The van der Waals surface area contributed by atoms with E-state index in [1.807, 2.05) is 24.3 Å². The van der Waals surface area contributed by atoms with Crippen LogP contribution in [-0.4, -0.2) is 38.6 Å². The highest BCUT2D eigenvalue weighted by molar-refractivity contribution is 6.30. The summed E-state index contributed by atoms with van der Waals surface area (Å²) in [6, 6.07) is 14.1. The van der Waals surface area contributed by atoms with Gasteiger partial charge < -0.3 is 15.1 Å². The van der Waals surface area contributed by atoms with Gasteiger partial charge >= 0.3 is 0 Å². The lowest BCUT2D eigenvalue weighted by atomic mass is 10.2. The maximum atomic E-state index is 13.0. The summed E-state index contributed by atoms with van der Waals surface area (Å²) < 4.78 is 13.0. The van der Waals surface area contributed by atoms with E-state index in [9.17, 15) is 9.18 Å². The Bertz CT molecular complexity index is 698. The third-order valence-corrected chi connectivity index (χ3v) is 4.73. The predicted octanol–water partition coefficient (Wildman–Crippen LogP) is 1.50. The Kier molecular flexibility index (Phi) is 5.89. The quantitative estimate of drug-likeness (QED) is 0.845. The van der Waals surface area contributed by atoms with E-state index in [2.05, 4.69) is 10.2 Å². The third kappa shape index (κ3) is 5.18. The molecule has 0 aromatic heterocycles. The van der Waals surface area contributed by atoms with Crippen molar-refractivity contribution in [2.45, 2.75) is 6.54 Å². The van der Waals surface area contributed by atoms with E-state index in [4.69, 9.17) is 11.6 Å². The second kappa shape index (κ2) is 8.32. The summed E-state index contributed by atoms with van der Waals surface area (Å²) in [7, 11) is 0. The molecule has 3 rings (SSSR count). The standard InChI is InChI=1S/C19H21ClFN3O/c20-16-3-1-15(2-4-16)13-22-19(25)14-23-9-11-24(12-10-23)18-7-5-17(21)6-8-18/h1-8H,9-14H2,(H,22,25)/p+1. The molecule has 2 N–H and O–H groups in total. The number of nitrogens with one attached hydrogen (secondary N) is 2. The van der Waals surface area contributed by atoms with E-state index < -0.39 is 0 Å². The van der Waals surface area contributed by atoms with Gasteiger partial charge in [0.25, 0.3) is 5.91 Å². The topological polar surface area (TPSA) is 36.8 Å². The van der Waals surface area contributed by atoms with Gasteiger partial charge in [-0.3, -0.25) is 4.79 Å². The first-order valence-corrected chi connectivity index (χ1v) is 8.83. The molecule has 6 heteroatoms. The number of rotatable bonds is 5. The van der Waals surface area contributed by atoms with Gasteiger partial charge in [-0.15, -0.1) is 0 Å². The van der Waals surface area contributed by atoms with Gasteiger partial charge in [-0.1, -0.05) is 23.7 Å². The summed E-state index contributed by atoms with van der Waals surface area (Å²) in [6.07, 6.45) is 0. The average molecular weight is 363 g/mol. The largest absolute Gasteiger partial charge is 0.360 e. The monoisotopic (exact) mass is 362 g/mol. The minimum absolute atomic E-state index is 0.0557. The van der Waals surface area contributed by atoms with E-state index >= 15 is 0 Å². The van der Waals surface area contributed by atoms with Crippen molar-refractivity contribution in [2.24, 2.45) is 0 Å². The number of nitrogens with zero attached hydrogens (tertiary/aromatic N) is 1. The van der Waals surface area contributed by atoms with Crippen molar-refractivity contribution in [1.29, 1.82) is 0 Å². The highest BCUT2D eigenvalue weighted by Crippen LogP contribution is 2.14. The fourth-order valence-corrected chi connectivity index (χ4v) is 3.13. The Morgan fingerprint density at radius 2 is 1.72 bits per heavy atom. The minimum atomic E-state index is -0.217. The van der Waals surface area contributed by atoms with Gasteiger partial charge in [0.1, 0.15) is 5.82 Å². The highest BCUT2D eigenvalue weighted by atomic mass is 35.5. The van der Waals surface area contributed by atoms with Crippen molar-refractivity contribution in [1.82, 2.24) is 5.32 Å². The highest BCUT2D eigenvalue weighted by Gasteiger charge is 2.22. The molecule has 1 fully saturated rings. The van der Waals surface area contributed by atoms with Gasteiger partial charge in [0.05, 0.1) is 26.2 Å². The van der Waals surface area contributed by atoms with Crippen LogP contribution in [0.1, 0.15) is 5.56 Å². The second-order valence-electron chi connectivity index (χ2n) is 6.29. The molecule has 4 nitrogen and oxygen atoms in total. The van der Waals surface area contributed by atoms with Crippen LogP contribution < -0.4 is 15.1 Å². The number of piperazine rings is 1. The molecule has 1 heterocycles. The molecule has 0 bridgehead atoms. The maximum absolute atomic E-state index is 13.0. The number of carbonyl (C=O) groups is 1. The van der Waals surface area contributed by atoms with Crippen molar-refractivity contribution in [3.05, 3.63) is 64.9 Å². The maximum Gasteiger partial charge on any atom is 0.275 e. The van der Waals surface area contributed by atoms with E-state index in [1.54, 1.807) is 12.1 Å². The normalized spacial score (nSPS) is 15.2. The van der Waals surface area contributed by atoms with Gasteiger partial charge in [-0.25, -0.2) is 4.39 Å². The van der Waals surface area contributed by atoms with Crippen LogP contribution in [0.25, 0.3) is 0 Å². The summed E-state index contributed by atoms with van der Waals surface area (Å²) >= 11 is 5.85. The predicted molar refractivity (Wildman–Crippen MR) is 97.5 cm³/mol. The average Bonchev–Trinajstić information content (AvgIpc) is 2.63.